The third kappa shape index (κ3) is 3.08. The number of urea groups is 1. The van der Waals surface area contributed by atoms with Crippen molar-refractivity contribution in [2.45, 2.75) is 38.8 Å². The number of hydrogen-bond donors (Lipinski definition) is 2. The van der Waals surface area contributed by atoms with Gasteiger partial charge in [0.05, 0.1) is 5.54 Å². The number of nitrogens with zero attached hydrogens (tertiary/aromatic N) is 3. The van der Waals surface area contributed by atoms with E-state index in [1.807, 2.05) is 55.8 Å². The van der Waals surface area contributed by atoms with Crippen LogP contribution in [0.15, 0.2) is 30.3 Å². The molecule has 1 aromatic carbocycles. The number of carbonyl (C=O) groups is 2. The molecule has 2 heterocycles. The minimum absolute atomic E-state index is 0.283. The van der Waals surface area contributed by atoms with Crippen LogP contribution in [0.4, 0.5) is 4.79 Å². The maximum atomic E-state index is 11.8. The molecule has 3 rings (SSSR count). The van der Waals surface area contributed by atoms with Crippen molar-refractivity contribution in [2.24, 2.45) is 0 Å². The van der Waals surface area contributed by atoms with Crippen LogP contribution in [0.3, 0.4) is 0 Å². The monoisotopic (exact) mass is 313 g/mol. The van der Waals surface area contributed by atoms with Crippen molar-refractivity contribution < 1.29 is 9.59 Å². The van der Waals surface area contributed by atoms with Crippen molar-refractivity contribution in [3.63, 3.8) is 0 Å². The molecule has 1 unspecified atom stereocenters. The van der Waals surface area contributed by atoms with Crippen LogP contribution in [-0.2, 0) is 16.8 Å². The second-order valence-corrected chi connectivity index (χ2v) is 6.52. The first-order valence-electron chi connectivity index (χ1n) is 7.48. The fourth-order valence-electron chi connectivity index (χ4n) is 2.51. The summed E-state index contributed by atoms with van der Waals surface area (Å²) in [5.41, 5.74) is 0.630. The molecule has 120 valence electrons. The topological polar surface area (TPSA) is 88.9 Å². The molecule has 0 saturated carbocycles. The highest BCUT2D eigenvalue weighted by Crippen LogP contribution is 2.22. The minimum atomic E-state index is -0.614. The van der Waals surface area contributed by atoms with Crippen LogP contribution in [-0.4, -0.2) is 32.7 Å². The molecule has 1 aliphatic rings. The highest BCUT2D eigenvalue weighted by molar-refractivity contribution is 6.04. The number of benzene rings is 1. The van der Waals surface area contributed by atoms with Crippen molar-refractivity contribution in [1.82, 2.24) is 25.4 Å². The number of amides is 3. The molecule has 1 atom stereocenters. The van der Waals surface area contributed by atoms with Crippen LogP contribution in [0.25, 0.3) is 11.4 Å². The van der Waals surface area contributed by atoms with E-state index in [1.165, 1.54) is 0 Å². The lowest BCUT2D eigenvalue weighted by molar-refractivity contribution is -0.120. The van der Waals surface area contributed by atoms with E-state index >= 15 is 0 Å². The number of carbonyl (C=O) groups excluding carboxylic acids is 2. The number of nitrogens with one attached hydrogen (secondary N) is 2. The molecule has 1 saturated heterocycles. The maximum Gasteiger partial charge on any atom is 0.322 e. The quantitative estimate of drug-likeness (QED) is 0.839. The number of rotatable bonds is 3. The van der Waals surface area contributed by atoms with Crippen LogP contribution >= 0.6 is 0 Å². The Morgan fingerprint density at radius 3 is 2.43 bits per heavy atom. The molecule has 2 aromatic rings. The lowest BCUT2D eigenvalue weighted by Crippen LogP contribution is -2.34. The summed E-state index contributed by atoms with van der Waals surface area (Å²) in [5.74, 6) is 0.943. The van der Waals surface area contributed by atoms with E-state index in [-0.39, 0.29) is 11.4 Å². The van der Waals surface area contributed by atoms with Crippen molar-refractivity contribution in [3.05, 3.63) is 36.2 Å². The lowest BCUT2D eigenvalue weighted by atomic mass is 10.1. The van der Waals surface area contributed by atoms with Crippen LogP contribution in [0.5, 0.6) is 0 Å². The Bertz CT molecular complexity index is 746. The van der Waals surface area contributed by atoms with Gasteiger partial charge in [-0.1, -0.05) is 30.3 Å². The summed E-state index contributed by atoms with van der Waals surface area (Å²) in [4.78, 5) is 27.6. The van der Waals surface area contributed by atoms with Crippen LogP contribution in [0.2, 0.25) is 0 Å². The predicted octanol–water partition coefficient (Wildman–Crippen LogP) is 1.45. The third-order valence-corrected chi connectivity index (χ3v) is 3.59. The number of imide groups is 1. The molecule has 1 aromatic heterocycles. The number of hydrogen-bond acceptors (Lipinski definition) is 4. The molecule has 0 spiro atoms. The van der Waals surface area contributed by atoms with E-state index < -0.39 is 12.1 Å². The van der Waals surface area contributed by atoms with E-state index in [1.54, 1.807) is 0 Å². The fraction of sp³-hybridized carbons (Fsp3) is 0.375. The van der Waals surface area contributed by atoms with E-state index in [4.69, 9.17) is 0 Å². The van der Waals surface area contributed by atoms with Gasteiger partial charge in [0, 0.05) is 12.0 Å². The average molecular weight is 313 g/mol. The molecule has 3 amide bonds. The molecule has 0 radical (unpaired) electrons. The van der Waals surface area contributed by atoms with Gasteiger partial charge in [-0.15, -0.1) is 0 Å². The largest absolute Gasteiger partial charge is 0.326 e. The molecule has 0 bridgehead atoms. The molecule has 7 heteroatoms. The third-order valence-electron chi connectivity index (χ3n) is 3.59. The van der Waals surface area contributed by atoms with Crippen molar-refractivity contribution in [3.8, 4) is 11.4 Å². The summed E-state index contributed by atoms with van der Waals surface area (Å²) in [6.07, 6.45) is 0.300. The van der Waals surface area contributed by atoms with Crippen LogP contribution in [0.1, 0.15) is 26.6 Å². The second-order valence-electron chi connectivity index (χ2n) is 6.52. The van der Waals surface area contributed by atoms with Gasteiger partial charge in [-0.2, -0.15) is 5.10 Å². The van der Waals surface area contributed by atoms with Crippen LogP contribution < -0.4 is 10.6 Å². The van der Waals surface area contributed by atoms with Gasteiger partial charge in [0.1, 0.15) is 11.9 Å². The summed E-state index contributed by atoms with van der Waals surface area (Å²) in [5, 5.41) is 9.44. The number of aromatic nitrogens is 3. The van der Waals surface area contributed by atoms with Gasteiger partial charge in [-0.05, 0) is 20.8 Å². The maximum absolute atomic E-state index is 11.8. The van der Waals surface area contributed by atoms with Gasteiger partial charge in [0.25, 0.3) is 5.91 Å². The Kier molecular flexibility index (Phi) is 3.63. The first-order valence-corrected chi connectivity index (χ1v) is 7.48. The normalized spacial score (nSPS) is 18.0. The molecule has 1 fully saturated rings. The SMILES string of the molecule is CC(C)(C)n1nc(-c2ccccc2)nc1CC1NC(=O)NC1=O. The Hall–Kier alpha value is -2.70. The second kappa shape index (κ2) is 5.49. The lowest BCUT2D eigenvalue weighted by Gasteiger charge is -2.21. The fourth-order valence-corrected chi connectivity index (χ4v) is 2.51. The molecular formula is C16H19N5O2. The zero-order valence-electron chi connectivity index (χ0n) is 13.3. The summed E-state index contributed by atoms with van der Waals surface area (Å²) >= 11 is 0. The summed E-state index contributed by atoms with van der Waals surface area (Å²) < 4.78 is 1.81. The van der Waals surface area contributed by atoms with E-state index in [2.05, 4.69) is 20.7 Å². The molecule has 1 aliphatic heterocycles. The van der Waals surface area contributed by atoms with Crippen LogP contribution in [0, 0.1) is 0 Å². The van der Waals surface area contributed by atoms with E-state index in [0.717, 1.165) is 5.56 Å². The van der Waals surface area contributed by atoms with Gasteiger partial charge in [0.15, 0.2) is 5.82 Å². The van der Waals surface area contributed by atoms with Gasteiger partial charge in [0.2, 0.25) is 0 Å². The Morgan fingerprint density at radius 2 is 1.87 bits per heavy atom. The average Bonchev–Trinajstić information content (AvgIpc) is 3.04. The molecular weight excluding hydrogens is 294 g/mol. The van der Waals surface area contributed by atoms with E-state index in [9.17, 15) is 9.59 Å². The Balaban J connectivity index is 1.96. The minimum Gasteiger partial charge on any atom is -0.326 e. The van der Waals surface area contributed by atoms with E-state index in [0.29, 0.717) is 18.1 Å². The smallest absolute Gasteiger partial charge is 0.322 e. The highest BCUT2D eigenvalue weighted by atomic mass is 16.2. The molecule has 23 heavy (non-hydrogen) atoms. The van der Waals surface area contributed by atoms with Crippen molar-refractivity contribution >= 4 is 11.9 Å². The molecule has 0 aliphatic carbocycles. The van der Waals surface area contributed by atoms with Gasteiger partial charge >= 0.3 is 6.03 Å². The Morgan fingerprint density at radius 1 is 1.17 bits per heavy atom. The predicted molar refractivity (Wildman–Crippen MR) is 84.6 cm³/mol. The molecule has 2 N–H and O–H groups in total. The summed E-state index contributed by atoms with van der Waals surface area (Å²) in [6.45, 7) is 6.06. The standard InChI is InChI=1S/C16H19N5O2/c1-16(2,3)21-12(9-11-14(22)19-15(23)17-11)18-13(20-21)10-7-5-4-6-8-10/h4-8,11H,9H2,1-3H3,(H2,17,19,22,23). The van der Waals surface area contributed by atoms with Gasteiger partial charge in [-0.25, -0.2) is 14.5 Å². The highest BCUT2D eigenvalue weighted by Gasteiger charge is 2.32. The van der Waals surface area contributed by atoms with Gasteiger partial charge in [-0.3, -0.25) is 10.1 Å². The summed E-state index contributed by atoms with van der Waals surface area (Å²) in [7, 11) is 0. The van der Waals surface area contributed by atoms with Gasteiger partial charge < -0.3 is 5.32 Å². The summed E-state index contributed by atoms with van der Waals surface area (Å²) in [6, 6.07) is 8.59. The first kappa shape index (κ1) is 15.2. The van der Waals surface area contributed by atoms with Crippen molar-refractivity contribution in [2.75, 3.05) is 0 Å². The first-order chi connectivity index (χ1) is 10.8. The Labute approximate surface area is 134 Å². The van der Waals surface area contributed by atoms with Crippen molar-refractivity contribution in [1.29, 1.82) is 0 Å². The zero-order chi connectivity index (χ0) is 16.6. The molecule has 7 nitrogen and oxygen atoms in total. The zero-order valence-corrected chi connectivity index (χ0v) is 13.3.